The first-order valence-corrected chi connectivity index (χ1v) is 10.8. The van der Waals surface area contributed by atoms with Gasteiger partial charge in [0.15, 0.2) is 0 Å². The van der Waals surface area contributed by atoms with E-state index in [9.17, 15) is 13.6 Å². The van der Waals surface area contributed by atoms with Gasteiger partial charge in [0.05, 0.1) is 6.54 Å². The molecule has 1 amide bonds. The molecule has 0 spiro atoms. The number of nitrogens with one attached hydrogen (secondary N) is 4. The average Bonchev–Trinajstić information content (AvgIpc) is 2.83. The van der Waals surface area contributed by atoms with Gasteiger partial charge in [-0.3, -0.25) is 4.79 Å². The molecule has 8 nitrogen and oxygen atoms in total. The molecule has 0 aliphatic carbocycles. The van der Waals surface area contributed by atoms with Crippen molar-refractivity contribution in [1.29, 1.82) is 0 Å². The Kier molecular flexibility index (Phi) is 7.10. The van der Waals surface area contributed by atoms with Crippen molar-refractivity contribution in [2.75, 3.05) is 27.8 Å². The van der Waals surface area contributed by atoms with Crippen LogP contribution in [0.2, 0.25) is 0 Å². The maximum atomic E-state index is 13.3. The zero-order chi connectivity index (χ0) is 24.8. The van der Waals surface area contributed by atoms with E-state index in [0.717, 1.165) is 16.8 Å². The summed E-state index contributed by atoms with van der Waals surface area (Å²) in [5.74, 6) is -0.572. The van der Waals surface area contributed by atoms with E-state index in [1.165, 1.54) is 48.5 Å². The molecule has 0 aliphatic heterocycles. The van der Waals surface area contributed by atoms with Crippen LogP contribution in [0.4, 0.5) is 43.7 Å². The number of amides is 1. The van der Waals surface area contributed by atoms with Gasteiger partial charge in [0.1, 0.15) is 11.6 Å². The van der Waals surface area contributed by atoms with Crippen LogP contribution in [0.25, 0.3) is 0 Å². The van der Waals surface area contributed by atoms with Gasteiger partial charge in [-0.05, 0) is 79.6 Å². The third kappa shape index (κ3) is 6.70. The van der Waals surface area contributed by atoms with Crippen molar-refractivity contribution < 1.29 is 13.6 Å². The lowest BCUT2D eigenvalue weighted by Gasteiger charge is -2.12. The molecule has 0 atom stereocenters. The summed E-state index contributed by atoms with van der Waals surface area (Å²) >= 11 is 0. The smallest absolute Gasteiger partial charge is 0.243 e. The monoisotopic (exact) mass is 475 g/mol. The largest absolute Gasteiger partial charge is 0.345 e. The van der Waals surface area contributed by atoms with Crippen molar-refractivity contribution in [2.24, 2.45) is 0 Å². The minimum Gasteiger partial charge on any atom is -0.345 e. The Balaban J connectivity index is 1.52. The zero-order valence-electron chi connectivity index (χ0n) is 19.1. The van der Waals surface area contributed by atoms with Crippen LogP contribution in [0, 0.1) is 25.5 Å². The van der Waals surface area contributed by atoms with E-state index in [-0.39, 0.29) is 41.9 Å². The molecule has 3 aromatic carbocycles. The lowest BCUT2D eigenvalue weighted by atomic mass is 10.1. The minimum absolute atomic E-state index is 0.0939. The lowest BCUT2D eigenvalue weighted by Crippen LogP contribution is -2.23. The van der Waals surface area contributed by atoms with E-state index in [1.807, 2.05) is 32.0 Å². The second-order valence-electron chi connectivity index (χ2n) is 7.79. The van der Waals surface area contributed by atoms with E-state index in [0.29, 0.717) is 11.4 Å². The highest BCUT2D eigenvalue weighted by atomic mass is 19.1. The maximum Gasteiger partial charge on any atom is 0.243 e. The predicted octanol–water partition coefficient (Wildman–Crippen LogP) is 5.30. The molecule has 4 aromatic rings. The average molecular weight is 476 g/mol. The molecule has 4 N–H and O–H groups in total. The molecule has 0 saturated heterocycles. The molecule has 1 aromatic heterocycles. The second kappa shape index (κ2) is 10.6. The highest BCUT2D eigenvalue weighted by molar-refractivity contribution is 5.94. The Bertz CT molecular complexity index is 1260. The summed E-state index contributed by atoms with van der Waals surface area (Å²) in [5, 5.41) is 11.7. The number of halogens is 2. The summed E-state index contributed by atoms with van der Waals surface area (Å²) in [6.45, 7) is 3.77. The number of anilines is 6. The summed E-state index contributed by atoms with van der Waals surface area (Å²) in [5.41, 5.74) is 3.82. The number of rotatable bonds is 8. The van der Waals surface area contributed by atoms with Crippen molar-refractivity contribution in [2.45, 2.75) is 13.8 Å². The fraction of sp³-hybridized carbons (Fsp3) is 0.120. The van der Waals surface area contributed by atoms with Gasteiger partial charge in [0, 0.05) is 17.1 Å². The minimum atomic E-state index is -0.373. The molecule has 4 rings (SSSR count). The standard InChI is InChI=1S/C25H23F2N7O/c1-15-3-4-16(2)21(13-15)31-22(35)14-28-23-32-24(29-19-9-5-17(26)6-10-19)34-25(33-23)30-20-11-7-18(27)8-12-20/h3-13H,14H2,1-2H3,(H,31,35)(H3,28,29,30,32,33,34). The first-order valence-electron chi connectivity index (χ1n) is 10.8. The molecule has 0 unspecified atom stereocenters. The molecule has 10 heteroatoms. The number of aromatic nitrogens is 3. The van der Waals surface area contributed by atoms with E-state index < -0.39 is 0 Å². The normalized spacial score (nSPS) is 10.5. The highest BCUT2D eigenvalue weighted by Gasteiger charge is 2.11. The van der Waals surface area contributed by atoms with Crippen LogP contribution < -0.4 is 21.3 Å². The van der Waals surface area contributed by atoms with Crippen molar-refractivity contribution in [3.05, 3.63) is 89.5 Å². The first-order chi connectivity index (χ1) is 16.8. The highest BCUT2D eigenvalue weighted by Crippen LogP contribution is 2.20. The quantitative estimate of drug-likeness (QED) is 0.274. The predicted molar refractivity (Wildman–Crippen MR) is 132 cm³/mol. The molecule has 35 heavy (non-hydrogen) atoms. The third-order valence-corrected chi connectivity index (χ3v) is 4.91. The van der Waals surface area contributed by atoms with Gasteiger partial charge in [-0.15, -0.1) is 0 Å². The van der Waals surface area contributed by atoms with Crippen LogP contribution >= 0.6 is 0 Å². The summed E-state index contributed by atoms with van der Waals surface area (Å²) in [7, 11) is 0. The number of nitrogens with zero attached hydrogens (tertiary/aromatic N) is 3. The van der Waals surface area contributed by atoms with Gasteiger partial charge in [-0.1, -0.05) is 12.1 Å². The molecule has 1 heterocycles. The number of hydrogen-bond acceptors (Lipinski definition) is 7. The molecule has 0 saturated carbocycles. The van der Waals surface area contributed by atoms with Crippen molar-refractivity contribution >= 4 is 40.8 Å². The Labute approximate surface area is 200 Å². The SMILES string of the molecule is Cc1ccc(C)c(NC(=O)CNc2nc(Nc3ccc(F)cc3)nc(Nc3ccc(F)cc3)n2)c1. The molecule has 178 valence electrons. The topological polar surface area (TPSA) is 104 Å². The van der Waals surface area contributed by atoms with Gasteiger partial charge < -0.3 is 21.3 Å². The number of aryl methyl sites for hydroxylation is 2. The van der Waals surface area contributed by atoms with Gasteiger partial charge in [0.2, 0.25) is 23.8 Å². The van der Waals surface area contributed by atoms with Crippen LogP contribution in [-0.2, 0) is 4.79 Å². The summed E-state index contributed by atoms with van der Waals surface area (Å²) < 4.78 is 26.5. The van der Waals surface area contributed by atoms with E-state index >= 15 is 0 Å². The number of benzene rings is 3. The van der Waals surface area contributed by atoms with Crippen molar-refractivity contribution in [1.82, 2.24) is 15.0 Å². The fourth-order valence-electron chi connectivity index (χ4n) is 3.12. The van der Waals surface area contributed by atoms with Crippen LogP contribution in [0.5, 0.6) is 0 Å². The summed E-state index contributed by atoms with van der Waals surface area (Å²) in [4.78, 5) is 25.4. The summed E-state index contributed by atoms with van der Waals surface area (Å²) in [6, 6.07) is 17.2. The molecule has 0 fully saturated rings. The Morgan fingerprint density at radius 3 is 1.80 bits per heavy atom. The molecule has 0 radical (unpaired) electrons. The Morgan fingerprint density at radius 2 is 1.26 bits per heavy atom. The lowest BCUT2D eigenvalue weighted by molar-refractivity contribution is -0.114. The van der Waals surface area contributed by atoms with Crippen molar-refractivity contribution in [3.63, 3.8) is 0 Å². The Hall–Kier alpha value is -4.60. The molecular weight excluding hydrogens is 452 g/mol. The van der Waals surface area contributed by atoms with Crippen LogP contribution in [0.15, 0.2) is 66.7 Å². The van der Waals surface area contributed by atoms with Crippen LogP contribution in [-0.4, -0.2) is 27.4 Å². The maximum absolute atomic E-state index is 13.3. The van der Waals surface area contributed by atoms with E-state index in [2.05, 4.69) is 36.2 Å². The van der Waals surface area contributed by atoms with Gasteiger partial charge >= 0.3 is 0 Å². The molecular formula is C25H23F2N7O. The summed E-state index contributed by atoms with van der Waals surface area (Å²) in [6.07, 6.45) is 0. The zero-order valence-corrected chi connectivity index (χ0v) is 19.1. The number of carbonyl (C=O) groups excluding carboxylic acids is 1. The number of hydrogen-bond donors (Lipinski definition) is 4. The van der Waals surface area contributed by atoms with Gasteiger partial charge in [-0.2, -0.15) is 15.0 Å². The fourth-order valence-corrected chi connectivity index (χ4v) is 3.12. The Morgan fingerprint density at radius 1 is 0.743 bits per heavy atom. The molecule has 0 aliphatic rings. The first kappa shape index (κ1) is 23.6. The van der Waals surface area contributed by atoms with Crippen LogP contribution in [0.1, 0.15) is 11.1 Å². The second-order valence-corrected chi connectivity index (χ2v) is 7.79. The van der Waals surface area contributed by atoms with Crippen molar-refractivity contribution in [3.8, 4) is 0 Å². The van der Waals surface area contributed by atoms with E-state index in [4.69, 9.17) is 0 Å². The third-order valence-electron chi connectivity index (χ3n) is 4.91. The van der Waals surface area contributed by atoms with E-state index in [1.54, 1.807) is 0 Å². The van der Waals surface area contributed by atoms with Gasteiger partial charge in [0.25, 0.3) is 0 Å². The number of carbonyl (C=O) groups is 1. The molecule has 0 bridgehead atoms. The van der Waals surface area contributed by atoms with Gasteiger partial charge in [-0.25, -0.2) is 8.78 Å². The van der Waals surface area contributed by atoms with Crippen LogP contribution in [0.3, 0.4) is 0 Å².